The number of hydrogen-bond donors (Lipinski definition) is 0. The van der Waals surface area contributed by atoms with E-state index in [0.29, 0.717) is 17.9 Å². The predicted octanol–water partition coefficient (Wildman–Crippen LogP) is 8.00. The van der Waals surface area contributed by atoms with Crippen molar-refractivity contribution in [3.8, 4) is 11.1 Å². The van der Waals surface area contributed by atoms with Crippen LogP contribution in [0.25, 0.3) is 16.7 Å². The smallest absolute Gasteiger partial charge is 0.194 e. The summed E-state index contributed by atoms with van der Waals surface area (Å²) in [5.41, 5.74) is 1.84. The molecule has 172 valence electrons. The standard InChI is InChI=1S/C27H30F4O/c1-3-4-17-5-12-25(32-15-17)19-8-6-18(7-9-19)20-10-11-21(23(28)13-20)22-14-24(29)27(31)26(30)16(22)2/h6,10-11,13-14,17,19,25H,3-5,7-9,12,15H2,1-2H3. The maximum absolute atomic E-state index is 14.9. The Labute approximate surface area is 187 Å². The Morgan fingerprint density at radius 2 is 1.75 bits per heavy atom. The molecule has 0 amide bonds. The van der Waals surface area contributed by atoms with Crippen molar-refractivity contribution in [1.29, 1.82) is 0 Å². The van der Waals surface area contributed by atoms with Crippen LogP contribution in [0, 0.1) is 42.0 Å². The van der Waals surface area contributed by atoms with E-state index in [0.717, 1.165) is 49.5 Å². The first-order valence-corrected chi connectivity index (χ1v) is 11.6. The molecule has 1 aliphatic carbocycles. The van der Waals surface area contributed by atoms with Crippen LogP contribution in [-0.2, 0) is 4.74 Å². The molecule has 32 heavy (non-hydrogen) atoms. The van der Waals surface area contributed by atoms with Crippen molar-refractivity contribution < 1.29 is 22.3 Å². The van der Waals surface area contributed by atoms with E-state index in [-0.39, 0.29) is 16.7 Å². The fraction of sp³-hybridized carbons (Fsp3) is 0.481. The molecular formula is C27H30F4O. The van der Waals surface area contributed by atoms with Crippen LogP contribution >= 0.6 is 0 Å². The summed E-state index contributed by atoms with van der Waals surface area (Å²) in [6, 6.07) is 5.56. The van der Waals surface area contributed by atoms with Gasteiger partial charge in [-0.15, -0.1) is 0 Å². The molecule has 2 aliphatic rings. The van der Waals surface area contributed by atoms with Crippen LogP contribution < -0.4 is 0 Å². The zero-order valence-electron chi connectivity index (χ0n) is 18.7. The quantitative estimate of drug-likeness (QED) is 0.334. The molecule has 3 unspecified atom stereocenters. The normalized spacial score (nSPS) is 23.8. The van der Waals surface area contributed by atoms with E-state index in [1.807, 2.05) is 0 Å². The summed E-state index contributed by atoms with van der Waals surface area (Å²) in [6.45, 7) is 4.40. The van der Waals surface area contributed by atoms with Gasteiger partial charge in [-0.05, 0) is 91.7 Å². The Morgan fingerprint density at radius 3 is 2.38 bits per heavy atom. The zero-order chi connectivity index (χ0) is 22.8. The van der Waals surface area contributed by atoms with Gasteiger partial charge < -0.3 is 4.74 Å². The molecule has 3 atom stereocenters. The van der Waals surface area contributed by atoms with Gasteiger partial charge in [0, 0.05) is 12.2 Å². The summed E-state index contributed by atoms with van der Waals surface area (Å²) in [5, 5.41) is 0. The van der Waals surface area contributed by atoms with E-state index >= 15 is 0 Å². The molecule has 0 spiro atoms. The third-order valence-corrected chi connectivity index (χ3v) is 7.12. The lowest BCUT2D eigenvalue weighted by molar-refractivity contribution is -0.0504. The molecule has 0 radical (unpaired) electrons. The van der Waals surface area contributed by atoms with E-state index in [1.54, 1.807) is 6.07 Å². The van der Waals surface area contributed by atoms with E-state index in [4.69, 9.17) is 4.74 Å². The van der Waals surface area contributed by atoms with Gasteiger partial charge in [-0.3, -0.25) is 0 Å². The second-order valence-corrected chi connectivity index (χ2v) is 9.22. The van der Waals surface area contributed by atoms with Crippen molar-refractivity contribution >= 4 is 5.57 Å². The van der Waals surface area contributed by atoms with Crippen molar-refractivity contribution in [2.45, 2.75) is 64.9 Å². The number of benzene rings is 2. The lowest BCUT2D eigenvalue weighted by Crippen LogP contribution is -2.32. The maximum Gasteiger partial charge on any atom is 0.194 e. The van der Waals surface area contributed by atoms with Gasteiger partial charge in [-0.1, -0.05) is 31.6 Å². The van der Waals surface area contributed by atoms with Gasteiger partial charge in [0.2, 0.25) is 0 Å². The molecule has 1 aliphatic heterocycles. The van der Waals surface area contributed by atoms with Gasteiger partial charge in [0.15, 0.2) is 17.5 Å². The lowest BCUT2D eigenvalue weighted by atomic mass is 9.80. The van der Waals surface area contributed by atoms with Gasteiger partial charge in [0.05, 0.1) is 6.10 Å². The number of rotatable bonds is 5. The SMILES string of the molecule is CCCC1CCC(C2CC=C(c3ccc(-c4cc(F)c(F)c(F)c4C)c(F)c3)CC2)OC1. The maximum atomic E-state index is 14.9. The van der Waals surface area contributed by atoms with Crippen LogP contribution in [0.1, 0.15) is 63.0 Å². The van der Waals surface area contributed by atoms with Gasteiger partial charge >= 0.3 is 0 Å². The van der Waals surface area contributed by atoms with Crippen molar-refractivity contribution in [2.24, 2.45) is 11.8 Å². The minimum Gasteiger partial charge on any atom is -0.378 e. The Balaban J connectivity index is 1.47. The zero-order valence-corrected chi connectivity index (χ0v) is 18.7. The van der Waals surface area contributed by atoms with E-state index in [1.165, 1.54) is 38.3 Å². The number of hydrogen-bond acceptors (Lipinski definition) is 1. The molecule has 0 N–H and O–H groups in total. The molecule has 1 nitrogen and oxygen atoms in total. The largest absolute Gasteiger partial charge is 0.378 e. The topological polar surface area (TPSA) is 9.23 Å². The lowest BCUT2D eigenvalue weighted by Gasteiger charge is -2.35. The number of halogens is 4. The highest BCUT2D eigenvalue weighted by molar-refractivity contribution is 5.73. The molecule has 5 heteroatoms. The summed E-state index contributed by atoms with van der Waals surface area (Å²) in [7, 11) is 0. The van der Waals surface area contributed by atoms with Crippen molar-refractivity contribution in [1.82, 2.24) is 0 Å². The average Bonchev–Trinajstić information content (AvgIpc) is 2.81. The first kappa shape index (κ1) is 23.0. The van der Waals surface area contributed by atoms with Gasteiger partial charge in [0.25, 0.3) is 0 Å². The minimum absolute atomic E-state index is 0.0268. The van der Waals surface area contributed by atoms with Crippen LogP contribution in [0.5, 0.6) is 0 Å². The third kappa shape index (κ3) is 4.63. The van der Waals surface area contributed by atoms with E-state index < -0.39 is 23.3 Å². The Hall–Kier alpha value is -2.14. The number of allylic oxidation sites excluding steroid dienone is 2. The van der Waals surface area contributed by atoms with Crippen molar-refractivity contribution in [3.05, 3.63) is 64.7 Å². The van der Waals surface area contributed by atoms with Gasteiger partial charge in [-0.2, -0.15) is 0 Å². The van der Waals surface area contributed by atoms with Crippen LogP contribution in [0.15, 0.2) is 30.3 Å². The second kappa shape index (κ2) is 9.78. The summed E-state index contributed by atoms with van der Waals surface area (Å²) >= 11 is 0. The van der Waals surface area contributed by atoms with Crippen LogP contribution in [-0.4, -0.2) is 12.7 Å². The van der Waals surface area contributed by atoms with E-state index in [2.05, 4.69) is 13.0 Å². The summed E-state index contributed by atoms with van der Waals surface area (Å²) in [4.78, 5) is 0. The van der Waals surface area contributed by atoms with Crippen molar-refractivity contribution in [3.63, 3.8) is 0 Å². The molecule has 0 saturated carbocycles. The molecule has 1 fully saturated rings. The highest BCUT2D eigenvalue weighted by atomic mass is 19.2. The molecule has 0 bridgehead atoms. The predicted molar refractivity (Wildman–Crippen MR) is 119 cm³/mol. The van der Waals surface area contributed by atoms with Gasteiger partial charge in [-0.25, -0.2) is 17.6 Å². The Morgan fingerprint density at radius 1 is 0.938 bits per heavy atom. The highest BCUT2D eigenvalue weighted by Crippen LogP contribution is 2.38. The molecular weight excluding hydrogens is 416 g/mol. The first-order valence-electron chi connectivity index (χ1n) is 11.6. The van der Waals surface area contributed by atoms with Crippen LogP contribution in [0.2, 0.25) is 0 Å². The molecule has 1 heterocycles. The molecule has 0 aromatic heterocycles. The Bertz CT molecular complexity index is 1010. The van der Waals surface area contributed by atoms with E-state index in [9.17, 15) is 17.6 Å². The fourth-order valence-electron chi connectivity index (χ4n) is 5.19. The van der Waals surface area contributed by atoms with Crippen molar-refractivity contribution in [2.75, 3.05) is 6.61 Å². The summed E-state index contributed by atoms with van der Waals surface area (Å²) in [5.74, 6) is -3.52. The van der Waals surface area contributed by atoms with Gasteiger partial charge in [0.1, 0.15) is 5.82 Å². The van der Waals surface area contributed by atoms with Crippen LogP contribution in [0.3, 0.4) is 0 Å². The summed E-state index contributed by atoms with van der Waals surface area (Å²) < 4.78 is 62.2. The molecule has 1 saturated heterocycles. The number of ether oxygens (including phenoxy) is 1. The third-order valence-electron chi connectivity index (χ3n) is 7.12. The Kier molecular flexibility index (Phi) is 7.04. The monoisotopic (exact) mass is 446 g/mol. The second-order valence-electron chi connectivity index (χ2n) is 9.22. The molecule has 2 aromatic carbocycles. The average molecular weight is 447 g/mol. The molecule has 2 aromatic rings. The summed E-state index contributed by atoms with van der Waals surface area (Å²) in [6.07, 6.45) is 10.0. The molecule has 4 rings (SSSR count). The minimum atomic E-state index is -1.53. The highest BCUT2D eigenvalue weighted by Gasteiger charge is 2.29. The van der Waals surface area contributed by atoms with Crippen LogP contribution in [0.4, 0.5) is 17.6 Å². The first-order chi connectivity index (χ1) is 15.4. The fourth-order valence-corrected chi connectivity index (χ4v) is 5.19.